The van der Waals surface area contributed by atoms with E-state index in [4.69, 9.17) is 11.5 Å². The second-order valence-corrected chi connectivity index (χ2v) is 4.03. The van der Waals surface area contributed by atoms with Crippen LogP contribution in [0.1, 0.15) is 17.2 Å². The molecule has 0 radical (unpaired) electrons. The number of rotatable bonds is 2. The highest BCUT2D eigenvalue weighted by Gasteiger charge is 2.31. The van der Waals surface area contributed by atoms with Gasteiger partial charge < -0.3 is 11.5 Å². The fourth-order valence-electron chi connectivity index (χ4n) is 1.13. The minimum absolute atomic E-state index is 0.105. The van der Waals surface area contributed by atoms with Crippen LogP contribution in [0.25, 0.3) is 0 Å². The van der Waals surface area contributed by atoms with Gasteiger partial charge in [-0.3, -0.25) is 0 Å². The summed E-state index contributed by atoms with van der Waals surface area (Å²) in [4.78, 5) is 0. The standard InChI is InChI=1S/C9H10BrF3N2/c10-7-2-5(8(15)4-14)1-6(3-7)9(11,12)13/h1-3,8H,4,14-15H2. The lowest BCUT2D eigenvalue weighted by Crippen LogP contribution is -2.21. The van der Waals surface area contributed by atoms with E-state index in [1.54, 1.807) is 0 Å². The number of benzene rings is 1. The summed E-state index contributed by atoms with van der Waals surface area (Å²) in [5, 5.41) is 0. The summed E-state index contributed by atoms with van der Waals surface area (Å²) in [6.45, 7) is 0.105. The maximum Gasteiger partial charge on any atom is 0.416 e. The molecule has 2 nitrogen and oxygen atoms in total. The Morgan fingerprint density at radius 1 is 1.27 bits per heavy atom. The Morgan fingerprint density at radius 2 is 1.87 bits per heavy atom. The van der Waals surface area contributed by atoms with Crippen molar-refractivity contribution >= 4 is 15.9 Å². The molecule has 0 aromatic heterocycles. The molecular formula is C9H10BrF3N2. The molecule has 4 N–H and O–H groups in total. The Kier molecular flexibility index (Phi) is 3.75. The molecule has 84 valence electrons. The van der Waals surface area contributed by atoms with Gasteiger partial charge in [0.1, 0.15) is 0 Å². The third-order valence-corrected chi connectivity index (χ3v) is 2.39. The lowest BCUT2D eigenvalue weighted by molar-refractivity contribution is -0.137. The molecule has 1 rings (SSSR count). The van der Waals surface area contributed by atoms with Crippen LogP contribution in [0.3, 0.4) is 0 Å². The van der Waals surface area contributed by atoms with Crippen molar-refractivity contribution in [1.82, 2.24) is 0 Å². The Morgan fingerprint density at radius 3 is 2.33 bits per heavy atom. The Labute approximate surface area is 93.6 Å². The van der Waals surface area contributed by atoms with Gasteiger partial charge in [-0.05, 0) is 23.8 Å². The van der Waals surface area contributed by atoms with Crippen molar-refractivity contribution in [2.75, 3.05) is 6.54 Å². The maximum absolute atomic E-state index is 12.4. The molecule has 1 atom stereocenters. The van der Waals surface area contributed by atoms with Gasteiger partial charge in [-0.1, -0.05) is 15.9 Å². The van der Waals surface area contributed by atoms with E-state index in [-0.39, 0.29) is 6.54 Å². The van der Waals surface area contributed by atoms with E-state index in [0.29, 0.717) is 10.0 Å². The van der Waals surface area contributed by atoms with Crippen molar-refractivity contribution in [3.63, 3.8) is 0 Å². The number of hydrogen-bond acceptors (Lipinski definition) is 2. The van der Waals surface area contributed by atoms with Gasteiger partial charge in [-0.2, -0.15) is 13.2 Å². The minimum Gasteiger partial charge on any atom is -0.329 e. The monoisotopic (exact) mass is 282 g/mol. The number of alkyl halides is 3. The van der Waals surface area contributed by atoms with Crippen LogP contribution >= 0.6 is 15.9 Å². The zero-order chi connectivity index (χ0) is 11.6. The predicted molar refractivity (Wildman–Crippen MR) is 55.1 cm³/mol. The van der Waals surface area contributed by atoms with E-state index >= 15 is 0 Å². The molecule has 0 aliphatic carbocycles. The molecule has 0 saturated heterocycles. The first-order valence-electron chi connectivity index (χ1n) is 4.18. The van der Waals surface area contributed by atoms with E-state index in [1.165, 1.54) is 6.07 Å². The summed E-state index contributed by atoms with van der Waals surface area (Å²) in [7, 11) is 0. The average Bonchev–Trinajstić information content (AvgIpc) is 2.14. The molecule has 1 unspecified atom stereocenters. The van der Waals surface area contributed by atoms with Gasteiger partial charge >= 0.3 is 6.18 Å². The van der Waals surface area contributed by atoms with Crippen molar-refractivity contribution in [3.05, 3.63) is 33.8 Å². The van der Waals surface area contributed by atoms with Gasteiger partial charge in [0.05, 0.1) is 5.56 Å². The third-order valence-electron chi connectivity index (χ3n) is 1.93. The van der Waals surface area contributed by atoms with E-state index in [1.807, 2.05) is 0 Å². The van der Waals surface area contributed by atoms with Crippen LogP contribution in [0.15, 0.2) is 22.7 Å². The van der Waals surface area contributed by atoms with Crippen LogP contribution in [-0.4, -0.2) is 6.54 Å². The molecule has 0 saturated carbocycles. The average molecular weight is 283 g/mol. The second kappa shape index (κ2) is 4.51. The number of halogens is 4. The molecule has 15 heavy (non-hydrogen) atoms. The lowest BCUT2D eigenvalue weighted by Gasteiger charge is -2.13. The Balaban J connectivity index is 3.17. The molecule has 0 spiro atoms. The van der Waals surface area contributed by atoms with Crippen molar-refractivity contribution in [1.29, 1.82) is 0 Å². The number of nitrogens with two attached hydrogens (primary N) is 2. The summed E-state index contributed by atoms with van der Waals surface area (Å²) in [5.41, 5.74) is 10.5. The molecule has 1 aromatic carbocycles. The summed E-state index contributed by atoms with van der Waals surface area (Å²) in [6, 6.07) is 2.98. The first-order chi connectivity index (χ1) is 6.84. The highest BCUT2D eigenvalue weighted by Crippen LogP contribution is 2.32. The molecule has 6 heteroatoms. The fraction of sp³-hybridized carbons (Fsp3) is 0.333. The SMILES string of the molecule is NCC(N)c1cc(Br)cc(C(F)(F)F)c1. The summed E-state index contributed by atoms with van der Waals surface area (Å²) >= 11 is 3.01. The van der Waals surface area contributed by atoms with Crippen molar-refractivity contribution in [3.8, 4) is 0 Å². The van der Waals surface area contributed by atoms with Crippen LogP contribution in [0.4, 0.5) is 13.2 Å². The minimum atomic E-state index is -4.37. The molecule has 1 aromatic rings. The van der Waals surface area contributed by atoms with Gasteiger partial charge in [-0.15, -0.1) is 0 Å². The second-order valence-electron chi connectivity index (χ2n) is 3.11. The smallest absolute Gasteiger partial charge is 0.329 e. The van der Waals surface area contributed by atoms with Crippen LogP contribution in [0, 0.1) is 0 Å². The van der Waals surface area contributed by atoms with Gasteiger partial charge in [0.15, 0.2) is 0 Å². The highest BCUT2D eigenvalue weighted by molar-refractivity contribution is 9.10. The topological polar surface area (TPSA) is 52.0 Å². The van der Waals surface area contributed by atoms with Crippen LogP contribution in [-0.2, 0) is 6.18 Å². The van der Waals surface area contributed by atoms with E-state index in [2.05, 4.69) is 15.9 Å². The van der Waals surface area contributed by atoms with Crippen molar-refractivity contribution in [2.45, 2.75) is 12.2 Å². The normalized spacial score (nSPS) is 14.0. The highest BCUT2D eigenvalue weighted by atomic mass is 79.9. The molecule has 0 fully saturated rings. The van der Waals surface area contributed by atoms with Crippen molar-refractivity contribution < 1.29 is 13.2 Å². The van der Waals surface area contributed by atoms with Crippen molar-refractivity contribution in [2.24, 2.45) is 11.5 Å². The summed E-state index contributed by atoms with van der Waals surface area (Å²) in [6.07, 6.45) is -4.37. The molecule has 0 amide bonds. The van der Waals surface area contributed by atoms with Crippen LogP contribution in [0.2, 0.25) is 0 Å². The molecule has 0 aliphatic rings. The first-order valence-corrected chi connectivity index (χ1v) is 4.97. The van der Waals surface area contributed by atoms with Gasteiger partial charge in [0, 0.05) is 17.1 Å². The molecule has 0 heterocycles. The Hall–Kier alpha value is -0.590. The quantitative estimate of drug-likeness (QED) is 0.875. The summed E-state index contributed by atoms with van der Waals surface area (Å²) < 4.78 is 37.6. The largest absolute Gasteiger partial charge is 0.416 e. The van der Waals surface area contributed by atoms with Gasteiger partial charge in [0.25, 0.3) is 0 Å². The lowest BCUT2D eigenvalue weighted by atomic mass is 10.0. The fourth-order valence-corrected chi connectivity index (χ4v) is 1.64. The van der Waals surface area contributed by atoms with Crippen LogP contribution < -0.4 is 11.5 Å². The maximum atomic E-state index is 12.4. The van der Waals surface area contributed by atoms with Gasteiger partial charge in [0.2, 0.25) is 0 Å². The molecular weight excluding hydrogens is 273 g/mol. The third kappa shape index (κ3) is 3.19. The predicted octanol–water partition coefficient (Wildman–Crippen LogP) is 2.43. The van der Waals surface area contributed by atoms with E-state index in [0.717, 1.165) is 12.1 Å². The summed E-state index contributed by atoms with van der Waals surface area (Å²) in [5.74, 6) is 0. The van der Waals surface area contributed by atoms with Gasteiger partial charge in [-0.25, -0.2) is 0 Å². The van der Waals surface area contributed by atoms with E-state index in [9.17, 15) is 13.2 Å². The number of hydrogen-bond donors (Lipinski definition) is 2. The zero-order valence-electron chi connectivity index (χ0n) is 7.68. The first kappa shape index (κ1) is 12.5. The van der Waals surface area contributed by atoms with E-state index < -0.39 is 17.8 Å². The van der Waals surface area contributed by atoms with Crippen LogP contribution in [0.5, 0.6) is 0 Å². The Bertz CT molecular complexity index is 352. The molecule has 0 bridgehead atoms. The zero-order valence-corrected chi connectivity index (χ0v) is 9.27. The molecule has 0 aliphatic heterocycles.